The Morgan fingerprint density at radius 2 is 1.74 bits per heavy atom. The van der Waals surface area contributed by atoms with Gasteiger partial charge in [-0.2, -0.15) is 0 Å². The van der Waals surface area contributed by atoms with Crippen molar-refractivity contribution >= 4 is 22.5 Å². The van der Waals surface area contributed by atoms with E-state index in [-0.39, 0.29) is 0 Å². The molecule has 0 aliphatic rings. The highest BCUT2D eigenvalue weighted by Crippen LogP contribution is 2.36. The lowest BCUT2D eigenvalue weighted by atomic mass is 9.99. The van der Waals surface area contributed by atoms with E-state index in [1.54, 1.807) is 12.4 Å². The molecule has 7 heteroatoms. The third-order valence-corrected chi connectivity index (χ3v) is 6.77. The van der Waals surface area contributed by atoms with Crippen LogP contribution in [0.1, 0.15) is 39.9 Å². The summed E-state index contributed by atoms with van der Waals surface area (Å²) in [7, 11) is 0. The van der Waals surface area contributed by atoms with Crippen LogP contribution in [0.5, 0.6) is 17.4 Å². The van der Waals surface area contributed by atoms with Gasteiger partial charge < -0.3 is 19.8 Å². The molecule has 0 amide bonds. The van der Waals surface area contributed by atoms with Crippen molar-refractivity contribution in [3.8, 4) is 17.4 Å². The summed E-state index contributed by atoms with van der Waals surface area (Å²) in [6, 6.07) is 21.9. The second-order valence-electron chi connectivity index (χ2n) is 9.50. The van der Waals surface area contributed by atoms with Crippen LogP contribution in [0.4, 0.5) is 0 Å². The lowest BCUT2D eigenvalue weighted by Gasteiger charge is -2.21. The maximum Gasteiger partial charge on any atom is 0.241 e. The maximum absolute atomic E-state index is 6.67. The number of hydrogen-bond donors (Lipinski definition) is 2. The van der Waals surface area contributed by atoms with Crippen molar-refractivity contribution in [3.05, 3.63) is 125 Å². The highest BCUT2D eigenvalue weighted by atomic mass is 35.5. The van der Waals surface area contributed by atoms with Gasteiger partial charge in [0.25, 0.3) is 0 Å². The van der Waals surface area contributed by atoms with E-state index < -0.39 is 6.10 Å². The smallest absolute Gasteiger partial charge is 0.241 e. The molecule has 2 heterocycles. The van der Waals surface area contributed by atoms with Crippen molar-refractivity contribution in [2.24, 2.45) is 0 Å². The fourth-order valence-corrected chi connectivity index (χ4v) is 4.69. The number of H-pyrrole nitrogens is 1. The Hall–Kier alpha value is -4.29. The monoisotopic (exact) mass is 538 g/mol. The van der Waals surface area contributed by atoms with Crippen LogP contribution in [-0.4, -0.2) is 21.5 Å². The maximum atomic E-state index is 6.67. The normalized spacial score (nSPS) is 11.8. The molecule has 6 nitrogen and oxygen atoms in total. The molecule has 0 fully saturated rings. The van der Waals surface area contributed by atoms with E-state index >= 15 is 0 Å². The summed E-state index contributed by atoms with van der Waals surface area (Å²) >= 11 is 6.41. The summed E-state index contributed by atoms with van der Waals surface area (Å²) in [5.74, 6) is 1.96. The van der Waals surface area contributed by atoms with E-state index in [1.807, 2.05) is 68.4 Å². The molecule has 0 aliphatic carbocycles. The zero-order valence-corrected chi connectivity index (χ0v) is 23.0. The number of nitrogens with one attached hydrogen (secondary N) is 2. The summed E-state index contributed by atoms with van der Waals surface area (Å²) in [6.07, 6.45) is 3.81. The molecule has 0 radical (unpaired) electrons. The van der Waals surface area contributed by atoms with Crippen LogP contribution in [0.3, 0.4) is 0 Å². The van der Waals surface area contributed by atoms with Gasteiger partial charge in [-0.15, -0.1) is 0 Å². The third-order valence-electron chi connectivity index (χ3n) is 6.53. The molecule has 39 heavy (non-hydrogen) atoms. The molecule has 5 aromatic rings. The Kier molecular flexibility index (Phi) is 7.84. The molecular formula is C32H31ClN4O2. The fourth-order valence-electron chi connectivity index (χ4n) is 4.51. The summed E-state index contributed by atoms with van der Waals surface area (Å²) in [5.41, 5.74) is 6.82. The molecule has 1 atom stereocenters. The Morgan fingerprint density at radius 1 is 1.00 bits per heavy atom. The molecule has 0 saturated carbocycles. The number of benzene rings is 3. The lowest BCUT2D eigenvalue weighted by Crippen LogP contribution is -2.15. The highest BCUT2D eigenvalue weighted by molar-refractivity contribution is 6.31. The minimum absolute atomic E-state index is 0.396. The number of hydrogen-bond acceptors (Lipinski definition) is 5. The summed E-state index contributed by atoms with van der Waals surface area (Å²) in [6.45, 7) is 10.4. The van der Waals surface area contributed by atoms with Crippen molar-refractivity contribution in [1.29, 1.82) is 0 Å². The predicted octanol–water partition coefficient (Wildman–Crippen LogP) is 7.77. The number of fused-ring (bicyclic) bond motifs is 1. The molecule has 3 aromatic carbocycles. The van der Waals surface area contributed by atoms with Gasteiger partial charge in [-0.05, 0) is 87.0 Å². The molecule has 0 bridgehead atoms. The number of aryl methyl sites for hydroxylation is 3. The van der Waals surface area contributed by atoms with Gasteiger partial charge in [0.2, 0.25) is 5.88 Å². The van der Waals surface area contributed by atoms with Crippen LogP contribution >= 0.6 is 11.6 Å². The van der Waals surface area contributed by atoms with E-state index in [0.717, 1.165) is 57.8 Å². The molecular weight excluding hydrogens is 508 g/mol. The van der Waals surface area contributed by atoms with Gasteiger partial charge in [0.15, 0.2) is 6.10 Å². The number of rotatable bonds is 10. The minimum atomic E-state index is -0.396. The Balaban J connectivity index is 1.55. The van der Waals surface area contributed by atoms with E-state index in [1.165, 1.54) is 5.56 Å². The van der Waals surface area contributed by atoms with Crippen LogP contribution in [-0.2, 0) is 6.42 Å². The zero-order valence-electron chi connectivity index (χ0n) is 22.3. The van der Waals surface area contributed by atoms with Gasteiger partial charge in [-0.1, -0.05) is 48.0 Å². The van der Waals surface area contributed by atoms with Crippen molar-refractivity contribution in [1.82, 2.24) is 20.3 Å². The van der Waals surface area contributed by atoms with Crippen LogP contribution < -0.4 is 14.8 Å². The summed E-state index contributed by atoms with van der Waals surface area (Å²) in [4.78, 5) is 12.5. The molecule has 2 N–H and O–H groups in total. The summed E-state index contributed by atoms with van der Waals surface area (Å²) in [5, 5.41) is 4.99. The summed E-state index contributed by atoms with van der Waals surface area (Å²) < 4.78 is 12.7. The molecule has 2 aromatic heterocycles. The molecule has 1 unspecified atom stereocenters. The minimum Gasteiger partial charge on any atom is -0.479 e. The first-order valence-corrected chi connectivity index (χ1v) is 13.2. The van der Waals surface area contributed by atoms with Crippen molar-refractivity contribution < 1.29 is 9.47 Å². The van der Waals surface area contributed by atoms with E-state index in [2.05, 4.69) is 45.9 Å². The van der Waals surface area contributed by atoms with Gasteiger partial charge in [-0.25, -0.2) is 4.98 Å². The van der Waals surface area contributed by atoms with Crippen molar-refractivity contribution in [2.75, 3.05) is 6.54 Å². The van der Waals surface area contributed by atoms with E-state index in [4.69, 9.17) is 21.1 Å². The predicted molar refractivity (Wildman–Crippen MR) is 157 cm³/mol. The first-order chi connectivity index (χ1) is 18.9. The third kappa shape index (κ3) is 6.07. The number of halogens is 1. The topological polar surface area (TPSA) is 72.1 Å². The lowest BCUT2D eigenvalue weighted by molar-refractivity contribution is 0.242. The van der Waals surface area contributed by atoms with E-state index in [0.29, 0.717) is 16.7 Å². The molecule has 0 saturated heterocycles. The van der Waals surface area contributed by atoms with Crippen LogP contribution in [0.15, 0.2) is 85.7 Å². The first kappa shape index (κ1) is 26.3. The van der Waals surface area contributed by atoms with Crippen molar-refractivity contribution in [3.63, 3.8) is 0 Å². The van der Waals surface area contributed by atoms with Gasteiger partial charge in [-0.3, -0.25) is 4.98 Å². The zero-order chi connectivity index (χ0) is 27.4. The second-order valence-corrected chi connectivity index (χ2v) is 9.94. The highest BCUT2D eigenvalue weighted by Gasteiger charge is 2.24. The first-order valence-electron chi connectivity index (χ1n) is 12.9. The van der Waals surface area contributed by atoms with Crippen LogP contribution in [0.2, 0.25) is 5.02 Å². The Labute approximate surface area is 233 Å². The standard InChI is InChI=1S/C32H31ClN4O2/c1-5-34-17-16-27-28-18-24(33)10-15-29(28)37-30(27)31(38-25-11-6-20(2)7-12-25)23-8-13-26(14-9-23)39-32-22(4)35-19-21(3)36-32/h5-15,18-19,31,34,37H,1,16-17H2,2-4H3. The molecule has 5 rings (SSSR count). The second kappa shape index (κ2) is 11.6. The van der Waals surface area contributed by atoms with E-state index in [9.17, 15) is 0 Å². The Morgan fingerprint density at radius 3 is 2.49 bits per heavy atom. The number of ether oxygens (including phenoxy) is 2. The number of aromatic amines is 1. The average molecular weight is 539 g/mol. The largest absolute Gasteiger partial charge is 0.479 e. The van der Waals surface area contributed by atoms with Gasteiger partial charge in [0, 0.05) is 28.7 Å². The molecule has 198 valence electrons. The quantitative estimate of drug-likeness (QED) is 0.178. The van der Waals surface area contributed by atoms with Crippen LogP contribution in [0.25, 0.3) is 10.9 Å². The van der Waals surface area contributed by atoms with Gasteiger partial charge >= 0.3 is 0 Å². The molecule has 0 spiro atoms. The van der Waals surface area contributed by atoms with Gasteiger partial charge in [0.1, 0.15) is 11.5 Å². The van der Waals surface area contributed by atoms with Crippen LogP contribution in [0, 0.1) is 20.8 Å². The fraction of sp³-hybridized carbons (Fsp3) is 0.188. The number of aromatic nitrogens is 3. The Bertz CT molecular complexity index is 1590. The SMILES string of the molecule is C=CNCCc1c(C(Oc2ccc(C)cc2)c2ccc(Oc3nc(C)cnc3C)cc2)[nH]c2ccc(Cl)cc12. The van der Waals surface area contributed by atoms with Crippen molar-refractivity contribution in [2.45, 2.75) is 33.3 Å². The van der Waals surface area contributed by atoms with Gasteiger partial charge in [0.05, 0.1) is 17.1 Å². The average Bonchev–Trinajstić information content (AvgIpc) is 3.28. The molecule has 0 aliphatic heterocycles. The number of nitrogens with zero attached hydrogens (tertiary/aromatic N) is 2.